The molecule has 0 N–H and O–H groups in total. The molecule has 0 aromatic heterocycles. The number of isocyanates is 1. The highest BCUT2D eigenvalue weighted by Gasteiger charge is 2.15. The van der Waals surface area contributed by atoms with E-state index in [-0.39, 0.29) is 0 Å². The van der Waals surface area contributed by atoms with Gasteiger partial charge in [0.2, 0.25) is 6.08 Å². The van der Waals surface area contributed by atoms with Gasteiger partial charge in [0.05, 0.1) is 6.54 Å². The first-order chi connectivity index (χ1) is 4.56. The Balaban J connectivity index is 3.28. The Morgan fingerprint density at radius 3 is 2.60 bits per heavy atom. The summed E-state index contributed by atoms with van der Waals surface area (Å²) < 4.78 is 0. The van der Waals surface area contributed by atoms with E-state index >= 15 is 0 Å². The van der Waals surface area contributed by atoms with E-state index in [0.717, 1.165) is 12.5 Å². The topological polar surface area (TPSA) is 29.4 Å². The van der Waals surface area contributed by atoms with Crippen molar-refractivity contribution in [3.05, 3.63) is 0 Å². The summed E-state index contributed by atoms with van der Waals surface area (Å²) in [5, 5.41) is 0. The minimum atomic E-state index is -1.42. The Hall–Kier alpha value is -0.113. The van der Waals surface area contributed by atoms with Crippen molar-refractivity contribution in [2.24, 2.45) is 4.99 Å². The molecule has 0 fully saturated rings. The highest BCUT2D eigenvalue weighted by molar-refractivity contribution is 7.19. The molecular weight excluding hydrogens is 166 g/mol. The predicted octanol–water partition coefficient (Wildman–Crippen LogP) is 2.16. The second-order valence-corrected chi connectivity index (χ2v) is 9.80. The van der Waals surface area contributed by atoms with Crippen LogP contribution in [0.25, 0.3) is 0 Å². The summed E-state index contributed by atoms with van der Waals surface area (Å²) in [6.07, 6.45) is 2.42. The summed E-state index contributed by atoms with van der Waals surface area (Å²) in [5.41, 5.74) is 0. The van der Waals surface area contributed by atoms with Gasteiger partial charge in [0, 0.05) is 0 Å². The molecule has 58 valence electrons. The third kappa shape index (κ3) is 7.89. The van der Waals surface area contributed by atoms with Crippen LogP contribution in [0.15, 0.2) is 4.99 Å². The number of halogens is 1. The van der Waals surface area contributed by atoms with Crippen LogP contribution in [0.1, 0.15) is 6.42 Å². The van der Waals surface area contributed by atoms with Crippen molar-refractivity contribution in [1.82, 2.24) is 0 Å². The van der Waals surface area contributed by atoms with Crippen molar-refractivity contribution in [1.29, 1.82) is 0 Å². The van der Waals surface area contributed by atoms with Crippen molar-refractivity contribution < 1.29 is 4.79 Å². The Kier molecular flexibility index (Phi) is 4.61. The zero-order valence-electron chi connectivity index (χ0n) is 6.35. The van der Waals surface area contributed by atoms with E-state index in [1.165, 1.54) is 6.08 Å². The Bertz CT molecular complexity index is 137. The number of nitrogens with zero attached hydrogens (tertiary/aromatic N) is 1. The minimum Gasteiger partial charge on any atom is -0.211 e. The average molecular weight is 178 g/mol. The van der Waals surface area contributed by atoms with Gasteiger partial charge in [-0.3, -0.25) is 0 Å². The van der Waals surface area contributed by atoms with E-state index in [9.17, 15) is 4.79 Å². The highest BCUT2D eigenvalue weighted by atomic mass is 35.6. The van der Waals surface area contributed by atoms with Crippen LogP contribution in [0.2, 0.25) is 19.1 Å². The van der Waals surface area contributed by atoms with Crippen molar-refractivity contribution in [3.63, 3.8) is 0 Å². The fraction of sp³-hybridized carbons (Fsp3) is 0.833. The van der Waals surface area contributed by atoms with Crippen LogP contribution in [0, 0.1) is 0 Å². The first-order valence-electron chi connectivity index (χ1n) is 3.29. The van der Waals surface area contributed by atoms with Gasteiger partial charge in [0.25, 0.3) is 0 Å². The van der Waals surface area contributed by atoms with Gasteiger partial charge in [-0.15, -0.1) is 0 Å². The predicted molar refractivity (Wildman–Crippen MR) is 45.7 cm³/mol. The quantitative estimate of drug-likeness (QED) is 0.213. The number of hydrogen-bond acceptors (Lipinski definition) is 2. The lowest BCUT2D eigenvalue weighted by Crippen LogP contribution is -2.15. The molecule has 0 saturated heterocycles. The lowest BCUT2D eigenvalue weighted by Gasteiger charge is -2.09. The van der Waals surface area contributed by atoms with Gasteiger partial charge in [0.15, 0.2) is 7.38 Å². The van der Waals surface area contributed by atoms with Crippen LogP contribution >= 0.6 is 11.1 Å². The summed E-state index contributed by atoms with van der Waals surface area (Å²) in [4.78, 5) is 13.0. The van der Waals surface area contributed by atoms with Gasteiger partial charge in [-0.1, -0.05) is 13.1 Å². The van der Waals surface area contributed by atoms with E-state index in [1.54, 1.807) is 0 Å². The maximum atomic E-state index is 9.62. The van der Waals surface area contributed by atoms with Crippen LogP contribution in [0.3, 0.4) is 0 Å². The highest BCUT2D eigenvalue weighted by Crippen LogP contribution is 2.15. The normalized spacial score (nSPS) is 10.7. The molecule has 0 aliphatic carbocycles. The molecule has 2 nitrogen and oxygen atoms in total. The second-order valence-electron chi connectivity index (χ2n) is 2.80. The minimum absolute atomic E-state index is 0.576. The van der Waals surface area contributed by atoms with Gasteiger partial charge in [0.1, 0.15) is 0 Å². The van der Waals surface area contributed by atoms with Crippen LogP contribution in [0.4, 0.5) is 0 Å². The van der Waals surface area contributed by atoms with E-state index in [0.29, 0.717) is 6.54 Å². The molecule has 0 rings (SSSR count). The molecule has 4 heteroatoms. The van der Waals surface area contributed by atoms with Crippen molar-refractivity contribution >= 4 is 24.5 Å². The Morgan fingerprint density at radius 2 is 2.20 bits per heavy atom. The monoisotopic (exact) mass is 177 g/mol. The summed E-state index contributed by atoms with van der Waals surface area (Å²) in [6.45, 7) is 4.74. The van der Waals surface area contributed by atoms with Gasteiger partial charge in [-0.2, -0.15) is 11.1 Å². The molecule has 0 aliphatic rings. The van der Waals surface area contributed by atoms with E-state index in [1.807, 2.05) is 0 Å². The smallest absolute Gasteiger partial charge is 0.211 e. The lowest BCUT2D eigenvalue weighted by atomic mass is 10.5. The molecule has 0 saturated carbocycles. The fourth-order valence-corrected chi connectivity index (χ4v) is 2.02. The Labute approximate surface area is 67.0 Å². The van der Waals surface area contributed by atoms with Crippen LogP contribution in [-0.4, -0.2) is 20.0 Å². The zero-order chi connectivity index (χ0) is 8.04. The van der Waals surface area contributed by atoms with Gasteiger partial charge < -0.3 is 0 Å². The van der Waals surface area contributed by atoms with Gasteiger partial charge in [-0.25, -0.2) is 9.79 Å². The molecule has 0 spiro atoms. The van der Waals surface area contributed by atoms with Crippen molar-refractivity contribution in [2.45, 2.75) is 25.6 Å². The van der Waals surface area contributed by atoms with E-state index < -0.39 is 7.38 Å². The third-order valence-corrected chi connectivity index (χ3v) is 3.22. The molecule has 0 aromatic rings. The van der Waals surface area contributed by atoms with Gasteiger partial charge >= 0.3 is 0 Å². The van der Waals surface area contributed by atoms with Gasteiger partial charge in [-0.05, 0) is 12.5 Å². The molecule has 10 heavy (non-hydrogen) atoms. The SMILES string of the molecule is C[Si](C)(Cl)CCCN=C=O. The molecule has 0 bridgehead atoms. The van der Waals surface area contributed by atoms with Crippen LogP contribution in [0.5, 0.6) is 0 Å². The maximum Gasteiger partial charge on any atom is 0.234 e. The number of aliphatic imine (C=N–C) groups is 1. The van der Waals surface area contributed by atoms with Crippen molar-refractivity contribution in [2.75, 3.05) is 6.54 Å². The average Bonchev–Trinajstić information content (AvgIpc) is 1.78. The largest absolute Gasteiger partial charge is 0.234 e. The number of hydrogen-bond donors (Lipinski definition) is 0. The first kappa shape index (κ1) is 9.89. The van der Waals surface area contributed by atoms with E-state index in [2.05, 4.69) is 18.1 Å². The van der Waals surface area contributed by atoms with Crippen molar-refractivity contribution in [3.8, 4) is 0 Å². The number of carbonyl (C=O) groups excluding carboxylic acids is 1. The van der Waals surface area contributed by atoms with Crippen LogP contribution in [-0.2, 0) is 4.79 Å². The molecule has 0 amide bonds. The third-order valence-electron chi connectivity index (χ3n) is 1.11. The molecule has 0 atom stereocenters. The first-order valence-corrected chi connectivity index (χ1v) is 7.51. The summed E-state index contributed by atoms with van der Waals surface area (Å²) in [6, 6.07) is 1.01. The van der Waals surface area contributed by atoms with Crippen LogP contribution < -0.4 is 0 Å². The zero-order valence-corrected chi connectivity index (χ0v) is 8.11. The maximum absolute atomic E-state index is 9.62. The summed E-state index contributed by atoms with van der Waals surface area (Å²) in [7, 11) is -1.42. The molecule has 0 aromatic carbocycles. The number of rotatable bonds is 4. The fourth-order valence-electron chi connectivity index (χ4n) is 0.624. The molecule has 0 heterocycles. The molecule has 0 unspecified atom stereocenters. The lowest BCUT2D eigenvalue weighted by molar-refractivity contribution is 0.562. The Morgan fingerprint density at radius 1 is 1.60 bits per heavy atom. The molecule has 0 radical (unpaired) electrons. The summed E-state index contributed by atoms with van der Waals surface area (Å²) in [5.74, 6) is 0. The molecule has 0 aliphatic heterocycles. The summed E-state index contributed by atoms with van der Waals surface area (Å²) >= 11 is 6.01. The second kappa shape index (κ2) is 4.66. The molecular formula is C6H12ClNOSi. The standard InChI is InChI=1S/C6H12ClNOSi/c1-10(2,7)5-3-4-8-6-9/h3-5H2,1-2H3. The van der Waals surface area contributed by atoms with E-state index in [4.69, 9.17) is 11.1 Å².